The summed E-state index contributed by atoms with van der Waals surface area (Å²) in [4.78, 5) is 28.2. The molecule has 1 aliphatic rings. The van der Waals surface area contributed by atoms with E-state index in [-0.39, 0.29) is 11.8 Å². The molecule has 0 radical (unpaired) electrons. The Morgan fingerprint density at radius 2 is 1.96 bits per heavy atom. The summed E-state index contributed by atoms with van der Waals surface area (Å²) in [5, 5.41) is 2.81. The van der Waals surface area contributed by atoms with Crippen LogP contribution in [0.2, 0.25) is 0 Å². The van der Waals surface area contributed by atoms with Gasteiger partial charge in [0.1, 0.15) is 0 Å². The zero-order valence-electron chi connectivity index (χ0n) is 13.9. The van der Waals surface area contributed by atoms with E-state index < -0.39 is 0 Å². The third-order valence-electron chi connectivity index (χ3n) is 3.92. The van der Waals surface area contributed by atoms with Gasteiger partial charge in [-0.25, -0.2) is 0 Å². The van der Waals surface area contributed by atoms with Gasteiger partial charge in [0.25, 0.3) is 5.91 Å². The van der Waals surface area contributed by atoms with E-state index >= 15 is 0 Å². The van der Waals surface area contributed by atoms with Crippen LogP contribution in [-0.4, -0.2) is 74.6 Å². The highest BCUT2D eigenvalue weighted by Gasteiger charge is 2.23. The summed E-state index contributed by atoms with van der Waals surface area (Å²) in [5.41, 5.74) is 1.82. The van der Waals surface area contributed by atoms with Crippen molar-refractivity contribution < 1.29 is 14.3 Å². The maximum Gasteiger partial charge on any atom is 0.253 e. The lowest BCUT2D eigenvalue weighted by Crippen LogP contribution is -2.51. The van der Waals surface area contributed by atoms with E-state index in [2.05, 4.69) is 10.2 Å². The highest BCUT2D eigenvalue weighted by molar-refractivity contribution is 5.94. The van der Waals surface area contributed by atoms with Crippen LogP contribution in [0.25, 0.3) is 0 Å². The summed E-state index contributed by atoms with van der Waals surface area (Å²) < 4.78 is 4.90. The molecule has 0 atom stereocenters. The number of methoxy groups -OCH3 is 1. The fraction of sp³-hybridized carbons (Fsp3) is 0.529. The van der Waals surface area contributed by atoms with E-state index in [0.29, 0.717) is 32.8 Å². The van der Waals surface area contributed by atoms with Crippen molar-refractivity contribution in [3.63, 3.8) is 0 Å². The average Bonchev–Trinajstić information content (AvgIpc) is 2.55. The van der Waals surface area contributed by atoms with Crippen LogP contribution in [0.15, 0.2) is 24.3 Å². The topological polar surface area (TPSA) is 61.9 Å². The Morgan fingerprint density at radius 1 is 1.22 bits per heavy atom. The summed E-state index contributed by atoms with van der Waals surface area (Å²) >= 11 is 0. The summed E-state index contributed by atoms with van der Waals surface area (Å²) in [6.07, 6.45) is 0. The van der Waals surface area contributed by atoms with Crippen LogP contribution in [0, 0.1) is 6.92 Å². The van der Waals surface area contributed by atoms with E-state index in [0.717, 1.165) is 24.2 Å². The van der Waals surface area contributed by atoms with E-state index in [1.807, 2.05) is 36.1 Å². The van der Waals surface area contributed by atoms with Crippen molar-refractivity contribution in [1.29, 1.82) is 0 Å². The summed E-state index contributed by atoms with van der Waals surface area (Å²) in [7, 11) is 1.61. The Labute approximate surface area is 137 Å². The molecule has 0 aliphatic carbocycles. The second-order valence-corrected chi connectivity index (χ2v) is 5.78. The van der Waals surface area contributed by atoms with Crippen molar-refractivity contribution in [2.75, 3.05) is 53.0 Å². The molecule has 1 N–H and O–H groups in total. The van der Waals surface area contributed by atoms with Gasteiger partial charge in [-0.2, -0.15) is 0 Å². The van der Waals surface area contributed by atoms with Crippen LogP contribution < -0.4 is 5.32 Å². The molecule has 1 fully saturated rings. The van der Waals surface area contributed by atoms with Crippen LogP contribution in [0.3, 0.4) is 0 Å². The number of benzene rings is 1. The Bertz CT molecular complexity index is 540. The minimum absolute atomic E-state index is 0.000473. The van der Waals surface area contributed by atoms with Gasteiger partial charge in [-0.15, -0.1) is 0 Å². The molecule has 2 amide bonds. The second kappa shape index (κ2) is 8.64. The highest BCUT2D eigenvalue weighted by atomic mass is 16.5. The molecule has 6 heteroatoms. The van der Waals surface area contributed by atoms with Gasteiger partial charge in [-0.3, -0.25) is 14.5 Å². The largest absolute Gasteiger partial charge is 0.383 e. The standard InChI is InChI=1S/C17H25N3O3/c1-14-4-3-5-15(12-14)17(22)20-9-7-19(8-10-20)13-16(21)18-6-11-23-2/h3-5,12H,6-11,13H2,1-2H3,(H,18,21). The van der Waals surface area contributed by atoms with E-state index in [1.165, 1.54) is 0 Å². The van der Waals surface area contributed by atoms with Crippen molar-refractivity contribution in [1.82, 2.24) is 15.1 Å². The first-order valence-corrected chi connectivity index (χ1v) is 7.94. The number of amides is 2. The summed E-state index contributed by atoms with van der Waals surface area (Å²) in [6, 6.07) is 7.66. The minimum atomic E-state index is 0.000473. The van der Waals surface area contributed by atoms with Crippen molar-refractivity contribution in [3.05, 3.63) is 35.4 Å². The monoisotopic (exact) mass is 319 g/mol. The Balaban J connectivity index is 1.77. The minimum Gasteiger partial charge on any atom is -0.383 e. The van der Waals surface area contributed by atoms with Crippen LogP contribution in [0.1, 0.15) is 15.9 Å². The predicted octanol–water partition coefficient (Wildman–Crippen LogP) is 0.515. The predicted molar refractivity (Wildman–Crippen MR) is 88.4 cm³/mol. The van der Waals surface area contributed by atoms with Gasteiger partial charge in [-0.1, -0.05) is 17.7 Å². The van der Waals surface area contributed by atoms with Gasteiger partial charge in [0, 0.05) is 45.4 Å². The van der Waals surface area contributed by atoms with Gasteiger partial charge in [0.05, 0.1) is 13.2 Å². The second-order valence-electron chi connectivity index (χ2n) is 5.78. The zero-order valence-corrected chi connectivity index (χ0v) is 13.9. The molecular formula is C17H25N3O3. The molecule has 1 aliphatic heterocycles. The lowest BCUT2D eigenvalue weighted by atomic mass is 10.1. The SMILES string of the molecule is COCCNC(=O)CN1CCN(C(=O)c2cccc(C)c2)CC1. The van der Waals surface area contributed by atoms with Crippen LogP contribution in [0.5, 0.6) is 0 Å². The normalized spacial score (nSPS) is 15.5. The number of piperazine rings is 1. The molecule has 6 nitrogen and oxygen atoms in total. The molecule has 0 aromatic heterocycles. The maximum absolute atomic E-state index is 12.5. The Kier molecular flexibility index (Phi) is 6.55. The Hall–Kier alpha value is -1.92. The summed E-state index contributed by atoms with van der Waals surface area (Å²) in [5.74, 6) is 0.0680. The van der Waals surface area contributed by atoms with Crippen molar-refractivity contribution in [3.8, 4) is 0 Å². The third kappa shape index (κ3) is 5.33. The fourth-order valence-electron chi connectivity index (χ4n) is 2.62. The first-order valence-electron chi connectivity index (χ1n) is 7.94. The van der Waals surface area contributed by atoms with Crippen molar-refractivity contribution in [2.24, 2.45) is 0 Å². The number of rotatable bonds is 6. The van der Waals surface area contributed by atoms with E-state index in [4.69, 9.17) is 4.74 Å². The number of carbonyl (C=O) groups excluding carboxylic acids is 2. The molecule has 1 heterocycles. The number of carbonyl (C=O) groups is 2. The van der Waals surface area contributed by atoms with E-state index in [9.17, 15) is 9.59 Å². The molecule has 23 heavy (non-hydrogen) atoms. The van der Waals surface area contributed by atoms with Gasteiger partial charge in [-0.05, 0) is 19.1 Å². The number of nitrogens with one attached hydrogen (secondary N) is 1. The molecule has 1 aromatic rings. The van der Waals surface area contributed by atoms with Crippen molar-refractivity contribution >= 4 is 11.8 Å². The highest BCUT2D eigenvalue weighted by Crippen LogP contribution is 2.10. The molecule has 0 saturated carbocycles. The first kappa shape index (κ1) is 17.4. The fourth-order valence-corrected chi connectivity index (χ4v) is 2.62. The summed E-state index contributed by atoms with van der Waals surface area (Å²) in [6.45, 7) is 6.14. The number of aryl methyl sites for hydroxylation is 1. The maximum atomic E-state index is 12.5. The zero-order chi connectivity index (χ0) is 16.7. The molecule has 1 saturated heterocycles. The lowest BCUT2D eigenvalue weighted by molar-refractivity contribution is -0.122. The van der Waals surface area contributed by atoms with E-state index in [1.54, 1.807) is 7.11 Å². The molecule has 0 bridgehead atoms. The number of ether oxygens (including phenoxy) is 1. The van der Waals surface area contributed by atoms with Crippen LogP contribution >= 0.6 is 0 Å². The molecule has 126 valence electrons. The number of hydrogen-bond acceptors (Lipinski definition) is 4. The smallest absolute Gasteiger partial charge is 0.253 e. The molecule has 0 spiro atoms. The molecule has 0 unspecified atom stereocenters. The number of hydrogen-bond donors (Lipinski definition) is 1. The molecule has 1 aromatic carbocycles. The third-order valence-corrected chi connectivity index (χ3v) is 3.92. The van der Waals surface area contributed by atoms with Gasteiger partial charge >= 0.3 is 0 Å². The first-order chi connectivity index (χ1) is 11.1. The lowest BCUT2D eigenvalue weighted by Gasteiger charge is -2.34. The molecular weight excluding hydrogens is 294 g/mol. The number of nitrogens with zero attached hydrogens (tertiary/aromatic N) is 2. The van der Waals surface area contributed by atoms with Gasteiger partial charge in [0.15, 0.2) is 0 Å². The quantitative estimate of drug-likeness (QED) is 0.777. The van der Waals surface area contributed by atoms with Crippen LogP contribution in [0.4, 0.5) is 0 Å². The molecule has 2 rings (SSSR count). The Morgan fingerprint density at radius 3 is 2.61 bits per heavy atom. The van der Waals surface area contributed by atoms with Gasteiger partial charge < -0.3 is 15.0 Å². The van der Waals surface area contributed by atoms with Gasteiger partial charge in [0.2, 0.25) is 5.91 Å². The van der Waals surface area contributed by atoms with Crippen LogP contribution in [-0.2, 0) is 9.53 Å². The average molecular weight is 319 g/mol. The van der Waals surface area contributed by atoms with Crippen molar-refractivity contribution in [2.45, 2.75) is 6.92 Å².